The minimum absolute atomic E-state index is 0.0489. The van der Waals surface area contributed by atoms with Gasteiger partial charge in [0.25, 0.3) is 0 Å². The number of hydrogen-bond donors (Lipinski definition) is 1. The summed E-state index contributed by atoms with van der Waals surface area (Å²) in [5.41, 5.74) is 2.14. The second-order valence-electron chi connectivity index (χ2n) is 5.76. The van der Waals surface area contributed by atoms with Gasteiger partial charge in [0.15, 0.2) is 0 Å². The lowest BCUT2D eigenvalue weighted by atomic mass is 9.97. The molecule has 0 radical (unpaired) electrons. The van der Waals surface area contributed by atoms with E-state index in [1.165, 1.54) is 17.1 Å². The molecule has 0 saturated carbocycles. The zero-order valence-corrected chi connectivity index (χ0v) is 13.5. The van der Waals surface area contributed by atoms with Crippen LogP contribution in [0.5, 0.6) is 0 Å². The number of carbonyl (C=O) groups excluding carboxylic acids is 1. The normalized spacial score (nSPS) is 19.0. The zero-order chi connectivity index (χ0) is 15.4. The van der Waals surface area contributed by atoms with E-state index in [0.29, 0.717) is 0 Å². The van der Waals surface area contributed by atoms with Crippen LogP contribution in [0.15, 0.2) is 30.6 Å². The molecule has 22 heavy (non-hydrogen) atoms. The van der Waals surface area contributed by atoms with Crippen LogP contribution in [0, 0.1) is 12.8 Å². The van der Waals surface area contributed by atoms with Crippen molar-refractivity contribution in [2.24, 2.45) is 5.92 Å². The quantitative estimate of drug-likeness (QED) is 0.942. The summed E-state index contributed by atoms with van der Waals surface area (Å²) in [6.45, 7) is 4.64. The van der Waals surface area contributed by atoms with Crippen molar-refractivity contribution < 1.29 is 4.79 Å². The first-order valence-corrected chi connectivity index (χ1v) is 8.33. The van der Waals surface area contributed by atoms with Crippen LogP contribution in [0.25, 0.3) is 0 Å². The maximum Gasteiger partial charge on any atom is 0.229 e. The summed E-state index contributed by atoms with van der Waals surface area (Å²) in [5, 5.41) is 3.83. The fourth-order valence-electron chi connectivity index (χ4n) is 2.81. The van der Waals surface area contributed by atoms with Gasteiger partial charge in [-0.3, -0.25) is 14.7 Å². The van der Waals surface area contributed by atoms with Crippen LogP contribution in [-0.4, -0.2) is 33.3 Å². The van der Waals surface area contributed by atoms with E-state index in [9.17, 15) is 4.79 Å². The second kappa shape index (κ2) is 6.98. The third kappa shape index (κ3) is 3.90. The summed E-state index contributed by atoms with van der Waals surface area (Å²) in [6, 6.07) is 5.95. The molecule has 6 heteroatoms. The van der Waals surface area contributed by atoms with E-state index in [1.54, 1.807) is 6.20 Å². The molecule has 2 aromatic heterocycles. The molecular weight excluding hydrogens is 296 g/mol. The molecule has 116 valence electrons. The molecule has 1 unspecified atom stereocenters. The summed E-state index contributed by atoms with van der Waals surface area (Å²) < 4.78 is 4.20. The van der Waals surface area contributed by atoms with Crippen molar-refractivity contribution in [1.82, 2.24) is 14.3 Å². The van der Waals surface area contributed by atoms with Gasteiger partial charge in [0.1, 0.15) is 5.00 Å². The predicted octanol–water partition coefficient (Wildman–Crippen LogP) is 2.70. The Kier molecular flexibility index (Phi) is 4.80. The molecule has 1 aliphatic rings. The van der Waals surface area contributed by atoms with Crippen molar-refractivity contribution in [2.75, 3.05) is 18.4 Å². The minimum Gasteiger partial charge on any atom is -0.316 e. The van der Waals surface area contributed by atoms with Gasteiger partial charge >= 0.3 is 0 Å². The van der Waals surface area contributed by atoms with E-state index in [-0.39, 0.29) is 11.8 Å². The Balaban J connectivity index is 1.57. The van der Waals surface area contributed by atoms with E-state index in [4.69, 9.17) is 0 Å². The number of anilines is 1. The lowest BCUT2D eigenvalue weighted by Gasteiger charge is -2.31. The van der Waals surface area contributed by atoms with Crippen molar-refractivity contribution in [3.63, 3.8) is 0 Å². The van der Waals surface area contributed by atoms with Crippen LogP contribution in [0.2, 0.25) is 0 Å². The second-order valence-corrected chi connectivity index (χ2v) is 6.56. The number of carbonyl (C=O) groups is 1. The molecule has 1 N–H and O–H groups in total. The van der Waals surface area contributed by atoms with Crippen molar-refractivity contribution in [3.05, 3.63) is 41.9 Å². The average Bonchev–Trinajstić information content (AvgIpc) is 2.93. The Labute approximate surface area is 134 Å². The summed E-state index contributed by atoms with van der Waals surface area (Å²) in [6.07, 6.45) is 5.68. The van der Waals surface area contributed by atoms with Crippen molar-refractivity contribution in [1.29, 1.82) is 0 Å². The Morgan fingerprint density at radius 3 is 3.18 bits per heavy atom. The minimum atomic E-state index is 0.0489. The lowest BCUT2D eigenvalue weighted by Crippen LogP contribution is -2.40. The molecule has 0 aromatic carbocycles. The predicted molar refractivity (Wildman–Crippen MR) is 87.7 cm³/mol. The van der Waals surface area contributed by atoms with Crippen molar-refractivity contribution in [2.45, 2.75) is 26.3 Å². The van der Waals surface area contributed by atoms with Crippen LogP contribution in [0.4, 0.5) is 5.00 Å². The Bertz CT molecular complexity index is 628. The fourth-order valence-corrected chi connectivity index (χ4v) is 3.47. The molecule has 1 atom stereocenters. The standard InChI is InChI=1S/C16H20N4OS/c1-12-8-15(22-19-12)18-16(21)14-5-3-7-20(11-14)10-13-4-2-6-17-9-13/h2,4,6,8-9,14H,3,5,7,10-11H2,1H3,(H,18,21). The molecule has 5 nitrogen and oxygen atoms in total. The number of aryl methyl sites for hydroxylation is 1. The topological polar surface area (TPSA) is 58.1 Å². The summed E-state index contributed by atoms with van der Waals surface area (Å²) in [4.78, 5) is 18.9. The third-order valence-corrected chi connectivity index (χ3v) is 4.68. The van der Waals surface area contributed by atoms with Gasteiger partial charge in [0.05, 0.1) is 11.6 Å². The average molecular weight is 316 g/mol. The van der Waals surface area contributed by atoms with Gasteiger partial charge in [-0.05, 0) is 55.5 Å². The molecule has 3 heterocycles. The molecule has 1 aliphatic heterocycles. The van der Waals surface area contributed by atoms with Crippen LogP contribution in [-0.2, 0) is 11.3 Å². The molecule has 1 fully saturated rings. The highest BCUT2D eigenvalue weighted by Crippen LogP contribution is 2.22. The molecule has 1 amide bonds. The maximum absolute atomic E-state index is 12.4. The number of piperidine rings is 1. The van der Waals surface area contributed by atoms with Gasteiger partial charge in [-0.1, -0.05) is 6.07 Å². The molecular formula is C16H20N4OS. The molecule has 0 aliphatic carbocycles. The van der Waals surface area contributed by atoms with Gasteiger partial charge in [-0.2, -0.15) is 4.37 Å². The lowest BCUT2D eigenvalue weighted by molar-refractivity contribution is -0.121. The number of nitrogens with one attached hydrogen (secondary N) is 1. The third-order valence-electron chi connectivity index (χ3n) is 3.88. The van der Waals surface area contributed by atoms with E-state index in [1.807, 2.05) is 25.3 Å². The summed E-state index contributed by atoms with van der Waals surface area (Å²) in [5.74, 6) is 0.160. The number of likely N-dealkylation sites (tertiary alicyclic amines) is 1. The van der Waals surface area contributed by atoms with Crippen LogP contribution >= 0.6 is 11.5 Å². The Morgan fingerprint density at radius 2 is 2.45 bits per heavy atom. The Hall–Kier alpha value is -1.79. The zero-order valence-electron chi connectivity index (χ0n) is 12.7. The smallest absolute Gasteiger partial charge is 0.229 e. The number of aromatic nitrogens is 2. The SMILES string of the molecule is Cc1cc(NC(=O)C2CCCN(Cc3cccnc3)C2)sn1. The first-order chi connectivity index (χ1) is 10.7. The molecule has 2 aromatic rings. The molecule has 0 bridgehead atoms. The molecule has 0 spiro atoms. The van der Waals surface area contributed by atoms with Gasteiger partial charge in [-0.15, -0.1) is 0 Å². The number of pyridine rings is 1. The number of hydrogen-bond acceptors (Lipinski definition) is 5. The summed E-state index contributed by atoms with van der Waals surface area (Å²) >= 11 is 1.34. The van der Waals surface area contributed by atoms with Gasteiger partial charge in [0, 0.05) is 25.5 Å². The van der Waals surface area contributed by atoms with Crippen molar-refractivity contribution in [3.8, 4) is 0 Å². The fraction of sp³-hybridized carbons (Fsp3) is 0.438. The highest BCUT2D eigenvalue weighted by molar-refractivity contribution is 7.10. The number of nitrogens with zero attached hydrogens (tertiary/aromatic N) is 3. The van der Waals surface area contributed by atoms with Gasteiger partial charge in [-0.25, -0.2) is 0 Å². The van der Waals surface area contributed by atoms with E-state index >= 15 is 0 Å². The number of rotatable bonds is 4. The number of amides is 1. The highest BCUT2D eigenvalue weighted by atomic mass is 32.1. The van der Waals surface area contributed by atoms with Gasteiger partial charge < -0.3 is 5.32 Å². The monoisotopic (exact) mass is 316 g/mol. The van der Waals surface area contributed by atoms with Gasteiger partial charge in [0.2, 0.25) is 5.91 Å². The van der Waals surface area contributed by atoms with Crippen molar-refractivity contribution >= 4 is 22.4 Å². The summed E-state index contributed by atoms with van der Waals surface area (Å²) in [7, 11) is 0. The van der Waals surface area contributed by atoms with E-state index in [2.05, 4.69) is 25.6 Å². The van der Waals surface area contributed by atoms with E-state index in [0.717, 1.165) is 43.2 Å². The van der Waals surface area contributed by atoms with Crippen LogP contribution < -0.4 is 5.32 Å². The molecule has 1 saturated heterocycles. The largest absolute Gasteiger partial charge is 0.316 e. The maximum atomic E-state index is 12.4. The highest BCUT2D eigenvalue weighted by Gasteiger charge is 2.26. The van der Waals surface area contributed by atoms with Crippen LogP contribution in [0.1, 0.15) is 24.1 Å². The first-order valence-electron chi connectivity index (χ1n) is 7.56. The van der Waals surface area contributed by atoms with E-state index < -0.39 is 0 Å². The van der Waals surface area contributed by atoms with Crippen LogP contribution in [0.3, 0.4) is 0 Å². The molecule has 3 rings (SSSR count). The first kappa shape index (κ1) is 15.1. The Morgan fingerprint density at radius 1 is 1.55 bits per heavy atom.